The van der Waals surface area contributed by atoms with E-state index in [0.29, 0.717) is 33.9 Å². The summed E-state index contributed by atoms with van der Waals surface area (Å²) in [6.45, 7) is 0.663. The summed E-state index contributed by atoms with van der Waals surface area (Å²) in [5.74, 6) is -0.579. The summed E-state index contributed by atoms with van der Waals surface area (Å²) < 4.78 is 0. The molecule has 0 aliphatic carbocycles. The molecule has 3 amide bonds. The van der Waals surface area contributed by atoms with Crippen LogP contribution in [0, 0.1) is 0 Å². The van der Waals surface area contributed by atoms with Crippen LogP contribution in [-0.2, 0) is 6.42 Å². The lowest BCUT2D eigenvalue weighted by molar-refractivity contribution is 0.0987. The van der Waals surface area contributed by atoms with Crippen molar-refractivity contribution in [3.8, 4) is 0 Å². The fraction of sp³-hybridized carbons (Fsp3) is 0.0741. The van der Waals surface area contributed by atoms with Gasteiger partial charge in [-0.1, -0.05) is 30.3 Å². The van der Waals surface area contributed by atoms with Crippen molar-refractivity contribution < 1.29 is 14.4 Å². The molecule has 168 valence electrons. The Kier molecular flexibility index (Phi) is 5.93. The highest BCUT2D eigenvalue weighted by atomic mass is 32.1. The topological polar surface area (TPSA) is 78.5 Å². The van der Waals surface area contributed by atoms with Crippen molar-refractivity contribution in [2.75, 3.05) is 22.1 Å². The highest BCUT2D eigenvalue weighted by Gasteiger charge is 2.25. The molecule has 0 radical (unpaired) electrons. The minimum absolute atomic E-state index is 0.0583. The molecule has 34 heavy (non-hydrogen) atoms. The van der Waals surface area contributed by atoms with Crippen LogP contribution in [0.1, 0.15) is 36.0 Å². The largest absolute Gasteiger partial charge is 0.322 e. The van der Waals surface area contributed by atoms with E-state index in [1.807, 2.05) is 35.7 Å². The maximum absolute atomic E-state index is 13.0. The van der Waals surface area contributed by atoms with Crippen LogP contribution in [0.2, 0.25) is 0 Å². The molecule has 0 saturated heterocycles. The molecule has 5 rings (SSSR count). The summed E-state index contributed by atoms with van der Waals surface area (Å²) in [6.07, 6.45) is 0.850. The summed E-state index contributed by atoms with van der Waals surface area (Å²) in [4.78, 5) is 40.4. The number of carbonyl (C=O) groups is 3. The molecule has 0 atom stereocenters. The maximum Gasteiger partial charge on any atom is 0.265 e. The van der Waals surface area contributed by atoms with E-state index in [9.17, 15) is 14.4 Å². The predicted octanol–water partition coefficient (Wildman–Crippen LogP) is 5.46. The van der Waals surface area contributed by atoms with Crippen LogP contribution in [0.15, 0.2) is 90.3 Å². The Balaban J connectivity index is 1.24. The summed E-state index contributed by atoms with van der Waals surface area (Å²) in [5, 5.41) is 7.48. The Hall–Kier alpha value is -4.23. The fourth-order valence-electron chi connectivity index (χ4n) is 3.94. The Labute approximate surface area is 200 Å². The third-order valence-corrected chi connectivity index (χ3v) is 6.52. The number of hydrogen-bond acceptors (Lipinski definition) is 4. The zero-order chi connectivity index (χ0) is 23.5. The second kappa shape index (κ2) is 9.33. The zero-order valence-electron chi connectivity index (χ0n) is 18.2. The summed E-state index contributed by atoms with van der Waals surface area (Å²) in [7, 11) is 0. The van der Waals surface area contributed by atoms with Crippen molar-refractivity contribution in [3.63, 3.8) is 0 Å². The first kappa shape index (κ1) is 21.6. The van der Waals surface area contributed by atoms with Crippen LogP contribution in [0.3, 0.4) is 0 Å². The van der Waals surface area contributed by atoms with Gasteiger partial charge >= 0.3 is 0 Å². The molecular weight excluding hydrogens is 446 g/mol. The smallest absolute Gasteiger partial charge is 0.265 e. The van der Waals surface area contributed by atoms with Gasteiger partial charge < -0.3 is 15.5 Å². The number of thiophene rings is 1. The Morgan fingerprint density at radius 2 is 1.53 bits per heavy atom. The first-order valence-corrected chi connectivity index (χ1v) is 11.7. The molecule has 3 aromatic carbocycles. The van der Waals surface area contributed by atoms with E-state index in [1.165, 1.54) is 16.9 Å². The molecule has 7 heteroatoms. The number of amides is 3. The van der Waals surface area contributed by atoms with Crippen LogP contribution in [0.4, 0.5) is 17.1 Å². The number of nitrogens with zero attached hydrogens (tertiary/aromatic N) is 1. The molecule has 1 aliphatic heterocycles. The van der Waals surface area contributed by atoms with Crippen LogP contribution >= 0.6 is 11.3 Å². The highest BCUT2D eigenvalue weighted by Crippen LogP contribution is 2.29. The third-order valence-electron chi connectivity index (χ3n) is 5.65. The predicted molar refractivity (Wildman–Crippen MR) is 135 cm³/mol. The van der Waals surface area contributed by atoms with Gasteiger partial charge in [0.25, 0.3) is 17.7 Å². The number of carbonyl (C=O) groups excluding carboxylic acids is 3. The molecule has 0 saturated carbocycles. The lowest BCUT2D eigenvalue weighted by Crippen LogP contribution is -2.28. The van der Waals surface area contributed by atoms with Gasteiger partial charge in [-0.15, -0.1) is 11.3 Å². The fourth-order valence-corrected chi connectivity index (χ4v) is 4.56. The van der Waals surface area contributed by atoms with Gasteiger partial charge in [0, 0.05) is 34.7 Å². The van der Waals surface area contributed by atoms with Crippen LogP contribution in [0.5, 0.6) is 0 Å². The Bertz CT molecular complexity index is 1360. The summed E-state index contributed by atoms with van der Waals surface area (Å²) in [5.41, 5.74) is 4.23. The molecule has 0 bridgehead atoms. The maximum atomic E-state index is 13.0. The van der Waals surface area contributed by atoms with Crippen molar-refractivity contribution in [1.29, 1.82) is 0 Å². The van der Waals surface area contributed by atoms with Gasteiger partial charge in [-0.2, -0.15) is 0 Å². The lowest BCUT2D eigenvalue weighted by Gasteiger charge is -2.17. The number of benzene rings is 3. The van der Waals surface area contributed by atoms with E-state index in [2.05, 4.69) is 10.6 Å². The SMILES string of the molecule is O=C(Nc1ccc(C(=O)N2CCc3ccccc32)cc1)c1cccc(NC(=O)c2cccs2)c1. The number of para-hydroxylation sites is 1. The van der Waals surface area contributed by atoms with E-state index < -0.39 is 0 Å². The molecule has 0 spiro atoms. The van der Waals surface area contributed by atoms with Gasteiger partial charge in [-0.3, -0.25) is 14.4 Å². The molecule has 2 N–H and O–H groups in total. The van der Waals surface area contributed by atoms with E-state index in [4.69, 9.17) is 0 Å². The quantitative estimate of drug-likeness (QED) is 0.409. The number of hydrogen-bond donors (Lipinski definition) is 2. The van der Waals surface area contributed by atoms with Crippen molar-refractivity contribution in [2.24, 2.45) is 0 Å². The Morgan fingerprint density at radius 3 is 2.32 bits per heavy atom. The van der Waals surface area contributed by atoms with Crippen molar-refractivity contribution in [1.82, 2.24) is 0 Å². The standard InChI is InChI=1S/C27H21N3O3S/c31-25(20-6-3-7-22(17-20)29-26(32)24-9-4-16-34-24)28-21-12-10-19(11-13-21)27(33)30-15-14-18-5-1-2-8-23(18)30/h1-13,16-17H,14-15H2,(H,28,31)(H,29,32). The Morgan fingerprint density at radius 1 is 0.735 bits per heavy atom. The lowest BCUT2D eigenvalue weighted by atomic mass is 10.1. The number of fused-ring (bicyclic) bond motifs is 1. The average molecular weight is 468 g/mol. The molecule has 6 nitrogen and oxygen atoms in total. The molecule has 1 aliphatic rings. The molecule has 0 unspecified atom stereocenters. The first-order chi connectivity index (χ1) is 16.6. The molecular formula is C27H21N3O3S. The van der Waals surface area contributed by atoms with E-state index >= 15 is 0 Å². The van der Waals surface area contributed by atoms with Crippen LogP contribution < -0.4 is 15.5 Å². The zero-order valence-corrected chi connectivity index (χ0v) is 19.0. The van der Waals surface area contributed by atoms with Crippen LogP contribution in [-0.4, -0.2) is 24.3 Å². The normalized spacial score (nSPS) is 12.2. The van der Waals surface area contributed by atoms with E-state index in [1.54, 1.807) is 59.5 Å². The third kappa shape index (κ3) is 4.46. The second-order valence-corrected chi connectivity index (χ2v) is 8.83. The van der Waals surface area contributed by atoms with Gasteiger partial charge in [-0.05, 0) is 72.0 Å². The van der Waals surface area contributed by atoms with Crippen LogP contribution in [0.25, 0.3) is 0 Å². The van der Waals surface area contributed by atoms with Crippen molar-refractivity contribution in [2.45, 2.75) is 6.42 Å². The molecule has 2 heterocycles. The minimum atomic E-state index is -0.306. The number of rotatable bonds is 5. The van der Waals surface area contributed by atoms with Crippen molar-refractivity contribution in [3.05, 3.63) is 112 Å². The van der Waals surface area contributed by atoms with E-state index in [0.717, 1.165) is 12.1 Å². The molecule has 1 aromatic heterocycles. The monoisotopic (exact) mass is 467 g/mol. The summed E-state index contributed by atoms with van der Waals surface area (Å²) in [6, 6.07) is 25.1. The molecule has 4 aromatic rings. The first-order valence-electron chi connectivity index (χ1n) is 10.8. The minimum Gasteiger partial charge on any atom is -0.322 e. The van der Waals surface area contributed by atoms with Gasteiger partial charge in [0.15, 0.2) is 0 Å². The molecule has 0 fully saturated rings. The van der Waals surface area contributed by atoms with Crippen molar-refractivity contribution >= 4 is 46.1 Å². The summed E-state index contributed by atoms with van der Waals surface area (Å²) >= 11 is 1.35. The average Bonchev–Trinajstić information content (AvgIpc) is 3.55. The van der Waals surface area contributed by atoms with Gasteiger partial charge in [0.05, 0.1) is 4.88 Å². The van der Waals surface area contributed by atoms with Gasteiger partial charge in [-0.25, -0.2) is 0 Å². The van der Waals surface area contributed by atoms with E-state index in [-0.39, 0.29) is 17.7 Å². The number of nitrogens with one attached hydrogen (secondary N) is 2. The van der Waals surface area contributed by atoms with Gasteiger partial charge in [0.2, 0.25) is 0 Å². The number of anilines is 3. The second-order valence-electron chi connectivity index (χ2n) is 7.88. The van der Waals surface area contributed by atoms with Gasteiger partial charge in [0.1, 0.15) is 0 Å². The highest BCUT2D eigenvalue weighted by molar-refractivity contribution is 7.12.